The van der Waals surface area contributed by atoms with Crippen molar-refractivity contribution in [3.05, 3.63) is 36.5 Å². The fraction of sp³-hybridized carbons (Fsp3) is 0. The van der Waals surface area contributed by atoms with Crippen molar-refractivity contribution < 1.29 is 0 Å². The summed E-state index contributed by atoms with van der Waals surface area (Å²) < 4.78 is 0. The van der Waals surface area contributed by atoms with Gasteiger partial charge in [-0.15, -0.1) is 0 Å². The van der Waals surface area contributed by atoms with Crippen molar-refractivity contribution in [2.75, 3.05) is 0 Å². The second-order valence-electron chi connectivity index (χ2n) is 2.78. The summed E-state index contributed by atoms with van der Waals surface area (Å²) in [6, 6.07) is 1.59. The summed E-state index contributed by atoms with van der Waals surface area (Å²) in [4.78, 5) is 16.2. The summed E-state index contributed by atoms with van der Waals surface area (Å²) in [7, 11) is 0. The number of amidine groups is 1. The highest BCUT2D eigenvalue weighted by Crippen LogP contribution is 2.20. The Balaban J connectivity index is 2.22. The van der Waals surface area contributed by atoms with E-state index in [0.29, 0.717) is 15.9 Å². The molecule has 0 atom stereocenters. The van der Waals surface area contributed by atoms with Crippen LogP contribution in [0, 0.1) is 5.41 Å². The predicted octanol–water partition coefficient (Wildman–Crippen LogP) is 0.702. The van der Waals surface area contributed by atoms with Crippen LogP contribution in [0.4, 0.5) is 0 Å². The largest absolute Gasteiger partial charge is 0.382 e. The number of rotatable bonds is 3. The molecule has 6 nitrogen and oxygen atoms in total. The van der Waals surface area contributed by atoms with Gasteiger partial charge in [0.05, 0.1) is 6.20 Å². The van der Waals surface area contributed by atoms with Crippen LogP contribution in [-0.2, 0) is 0 Å². The third-order valence-corrected chi connectivity index (χ3v) is 2.44. The van der Waals surface area contributed by atoms with Crippen molar-refractivity contribution in [2.24, 2.45) is 5.73 Å². The quantitative estimate of drug-likeness (QED) is 0.459. The summed E-state index contributed by atoms with van der Waals surface area (Å²) in [5.41, 5.74) is 5.74. The van der Waals surface area contributed by atoms with Gasteiger partial charge in [-0.25, -0.2) is 15.0 Å². The molecule has 0 saturated heterocycles. The summed E-state index contributed by atoms with van der Waals surface area (Å²) in [5.74, 6) is -0.0802. The molecule has 3 N–H and O–H groups in total. The molecule has 0 amide bonds. The lowest BCUT2D eigenvalue weighted by molar-refractivity contribution is 0.944. The Morgan fingerprint density at radius 2 is 2.12 bits per heavy atom. The molecule has 0 aliphatic rings. The predicted molar refractivity (Wildman–Crippen MR) is 59.2 cm³/mol. The number of hydrogen-bond donors (Lipinski definition) is 2. The molecule has 0 aliphatic carbocycles. The van der Waals surface area contributed by atoms with Gasteiger partial charge in [0.1, 0.15) is 16.6 Å². The van der Waals surface area contributed by atoms with Gasteiger partial charge < -0.3 is 5.73 Å². The molecular formula is C9H8N6S. The number of nitrogens with one attached hydrogen (secondary N) is 1. The highest BCUT2D eigenvalue weighted by Gasteiger charge is 2.04. The number of nitrogens with zero attached hydrogens (tertiary/aromatic N) is 4. The van der Waals surface area contributed by atoms with Crippen LogP contribution in [0.2, 0.25) is 0 Å². The van der Waals surface area contributed by atoms with Gasteiger partial charge in [-0.2, -0.15) is 0 Å². The highest BCUT2D eigenvalue weighted by molar-refractivity contribution is 7.99. The molecule has 2 aromatic heterocycles. The van der Waals surface area contributed by atoms with Gasteiger partial charge in [0.25, 0.3) is 0 Å². The van der Waals surface area contributed by atoms with Gasteiger partial charge in [0.2, 0.25) is 0 Å². The molecule has 2 aromatic rings. The minimum atomic E-state index is -0.0802. The molecule has 0 radical (unpaired) electrons. The minimum Gasteiger partial charge on any atom is -0.382 e. The Hall–Kier alpha value is -2.02. The van der Waals surface area contributed by atoms with E-state index in [9.17, 15) is 0 Å². The molecule has 7 heteroatoms. The van der Waals surface area contributed by atoms with Gasteiger partial charge >= 0.3 is 0 Å². The summed E-state index contributed by atoms with van der Waals surface area (Å²) in [5, 5.41) is 8.45. The maximum Gasteiger partial charge on any atom is 0.194 e. The van der Waals surface area contributed by atoms with Crippen molar-refractivity contribution >= 4 is 17.6 Å². The highest BCUT2D eigenvalue weighted by atomic mass is 32.2. The van der Waals surface area contributed by atoms with Crippen molar-refractivity contribution in [2.45, 2.75) is 10.2 Å². The first-order valence-corrected chi connectivity index (χ1v) is 5.18. The first kappa shape index (κ1) is 10.5. The Morgan fingerprint density at radius 1 is 1.25 bits per heavy atom. The normalized spacial score (nSPS) is 10.0. The Morgan fingerprint density at radius 3 is 2.81 bits per heavy atom. The molecule has 0 bridgehead atoms. The summed E-state index contributed by atoms with van der Waals surface area (Å²) in [6.45, 7) is 0. The fourth-order valence-corrected chi connectivity index (χ4v) is 1.64. The van der Waals surface area contributed by atoms with Crippen molar-refractivity contribution in [3.63, 3.8) is 0 Å². The monoisotopic (exact) mass is 232 g/mol. The van der Waals surface area contributed by atoms with Gasteiger partial charge in [-0.05, 0) is 17.8 Å². The van der Waals surface area contributed by atoms with Gasteiger partial charge in [0.15, 0.2) is 5.16 Å². The lowest BCUT2D eigenvalue weighted by Crippen LogP contribution is -2.13. The SMILES string of the molecule is N=C(N)c1ccnc(Sc2cnccn2)n1. The summed E-state index contributed by atoms with van der Waals surface area (Å²) >= 11 is 1.27. The van der Waals surface area contributed by atoms with E-state index in [1.807, 2.05) is 0 Å². The van der Waals surface area contributed by atoms with E-state index in [1.165, 1.54) is 11.8 Å². The third-order valence-electron chi connectivity index (χ3n) is 1.64. The molecule has 2 heterocycles. The topological polar surface area (TPSA) is 101 Å². The van der Waals surface area contributed by atoms with Crippen molar-refractivity contribution in [1.82, 2.24) is 19.9 Å². The fourth-order valence-electron chi connectivity index (χ4n) is 0.972. The standard InChI is InChI=1S/C9H8N6S/c10-8(11)6-1-2-14-9(15-6)16-7-5-12-3-4-13-7/h1-5H,(H3,10,11). The Labute approximate surface area is 95.9 Å². The van der Waals surface area contributed by atoms with Crippen molar-refractivity contribution in [1.29, 1.82) is 5.41 Å². The number of nitrogen functional groups attached to an aromatic ring is 1. The van der Waals surface area contributed by atoms with E-state index in [2.05, 4.69) is 19.9 Å². The van der Waals surface area contributed by atoms with E-state index in [1.54, 1.807) is 30.9 Å². The molecule has 0 unspecified atom stereocenters. The number of hydrogen-bond acceptors (Lipinski definition) is 6. The van der Waals surface area contributed by atoms with Crippen LogP contribution in [0.1, 0.15) is 5.69 Å². The molecule has 80 valence electrons. The maximum absolute atomic E-state index is 7.26. The van der Waals surface area contributed by atoms with Crippen LogP contribution in [0.15, 0.2) is 41.0 Å². The van der Waals surface area contributed by atoms with Crippen molar-refractivity contribution in [3.8, 4) is 0 Å². The minimum absolute atomic E-state index is 0.0802. The Bertz CT molecular complexity index is 500. The van der Waals surface area contributed by atoms with E-state index in [4.69, 9.17) is 11.1 Å². The molecule has 16 heavy (non-hydrogen) atoms. The van der Waals surface area contributed by atoms with E-state index in [0.717, 1.165) is 0 Å². The van der Waals surface area contributed by atoms with Crippen LogP contribution >= 0.6 is 11.8 Å². The lowest BCUT2D eigenvalue weighted by atomic mass is 10.4. The van der Waals surface area contributed by atoms with Crippen LogP contribution in [0.5, 0.6) is 0 Å². The molecular weight excluding hydrogens is 224 g/mol. The zero-order valence-corrected chi connectivity index (χ0v) is 8.98. The van der Waals surface area contributed by atoms with E-state index in [-0.39, 0.29) is 5.84 Å². The van der Waals surface area contributed by atoms with Gasteiger partial charge in [-0.1, -0.05) is 0 Å². The summed E-state index contributed by atoms with van der Waals surface area (Å²) in [6.07, 6.45) is 6.37. The number of nitrogens with two attached hydrogens (primary N) is 1. The van der Waals surface area contributed by atoms with E-state index < -0.39 is 0 Å². The Kier molecular flexibility index (Phi) is 3.06. The molecule has 2 rings (SSSR count). The number of aromatic nitrogens is 4. The third kappa shape index (κ3) is 2.51. The second-order valence-corrected chi connectivity index (χ2v) is 3.77. The molecule has 0 aromatic carbocycles. The average Bonchev–Trinajstić information content (AvgIpc) is 2.30. The van der Waals surface area contributed by atoms with Crippen LogP contribution < -0.4 is 5.73 Å². The first-order valence-electron chi connectivity index (χ1n) is 4.37. The maximum atomic E-state index is 7.26. The van der Waals surface area contributed by atoms with Crippen LogP contribution in [0.3, 0.4) is 0 Å². The lowest BCUT2D eigenvalue weighted by Gasteiger charge is -2.00. The van der Waals surface area contributed by atoms with Gasteiger partial charge in [-0.3, -0.25) is 10.4 Å². The van der Waals surface area contributed by atoms with E-state index >= 15 is 0 Å². The van der Waals surface area contributed by atoms with Crippen LogP contribution in [-0.4, -0.2) is 25.8 Å². The molecule has 0 saturated carbocycles. The zero-order chi connectivity index (χ0) is 11.4. The first-order chi connectivity index (χ1) is 7.75. The van der Waals surface area contributed by atoms with Crippen LogP contribution in [0.25, 0.3) is 0 Å². The molecule has 0 aliphatic heterocycles. The average molecular weight is 232 g/mol. The smallest absolute Gasteiger partial charge is 0.194 e. The molecule has 0 spiro atoms. The second kappa shape index (κ2) is 4.67. The molecule has 0 fully saturated rings. The zero-order valence-electron chi connectivity index (χ0n) is 8.16. The van der Waals surface area contributed by atoms with Gasteiger partial charge in [0, 0.05) is 18.6 Å².